The number of nitrogens with one attached hydrogen (secondary N) is 1. The van der Waals surface area contributed by atoms with E-state index in [0.717, 1.165) is 38.4 Å². The van der Waals surface area contributed by atoms with Crippen molar-refractivity contribution in [2.75, 3.05) is 63.2 Å². The molecule has 0 spiro atoms. The molecular formula is C21H27FN4O. The van der Waals surface area contributed by atoms with Crippen molar-refractivity contribution in [3.8, 4) is 0 Å². The van der Waals surface area contributed by atoms with Crippen LogP contribution >= 0.6 is 0 Å². The van der Waals surface area contributed by atoms with Crippen molar-refractivity contribution in [3.63, 3.8) is 0 Å². The third-order valence-corrected chi connectivity index (χ3v) is 4.92. The van der Waals surface area contributed by atoms with Crippen LogP contribution in [0.3, 0.4) is 0 Å². The fourth-order valence-electron chi connectivity index (χ4n) is 3.26. The van der Waals surface area contributed by atoms with E-state index in [-0.39, 0.29) is 11.7 Å². The van der Waals surface area contributed by atoms with Crippen LogP contribution in [0.1, 0.15) is 10.4 Å². The number of carbonyl (C=O) groups is 1. The van der Waals surface area contributed by atoms with Gasteiger partial charge < -0.3 is 15.1 Å². The number of anilines is 2. The quantitative estimate of drug-likeness (QED) is 0.848. The average molecular weight is 370 g/mol. The first-order valence-corrected chi connectivity index (χ1v) is 9.32. The number of rotatable bonds is 6. The molecule has 0 aliphatic carbocycles. The van der Waals surface area contributed by atoms with Crippen LogP contribution in [0.4, 0.5) is 15.8 Å². The highest BCUT2D eigenvalue weighted by atomic mass is 19.1. The second-order valence-electron chi connectivity index (χ2n) is 6.98. The zero-order valence-electron chi connectivity index (χ0n) is 16.0. The largest absolute Gasteiger partial charge is 0.378 e. The highest BCUT2D eigenvalue weighted by molar-refractivity contribution is 5.94. The van der Waals surface area contributed by atoms with Crippen LogP contribution in [0.25, 0.3) is 0 Å². The summed E-state index contributed by atoms with van der Waals surface area (Å²) in [7, 11) is 3.95. The van der Waals surface area contributed by atoms with Crippen LogP contribution in [0, 0.1) is 5.82 Å². The van der Waals surface area contributed by atoms with Gasteiger partial charge in [0.2, 0.25) is 0 Å². The summed E-state index contributed by atoms with van der Waals surface area (Å²) in [5, 5.41) is 2.98. The van der Waals surface area contributed by atoms with Crippen LogP contribution in [-0.4, -0.2) is 64.2 Å². The van der Waals surface area contributed by atoms with Gasteiger partial charge in [-0.25, -0.2) is 4.39 Å². The van der Waals surface area contributed by atoms with Gasteiger partial charge in [0.25, 0.3) is 5.91 Å². The van der Waals surface area contributed by atoms with Crippen LogP contribution < -0.4 is 15.1 Å². The lowest BCUT2D eigenvalue weighted by Crippen LogP contribution is -2.48. The molecule has 5 nitrogen and oxygen atoms in total. The lowest BCUT2D eigenvalue weighted by Gasteiger charge is -2.36. The Hall–Kier alpha value is -2.60. The molecular weight excluding hydrogens is 343 g/mol. The smallest absolute Gasteiger partial charge is 0.251 e. The van der Waals surface area contributed by atoms with E-state index in [1.54, 1.807) is 6.07 Å². The Morgan fingerprint density at radius 3 is 2.33 bits per heavy atom. The fourth-order valence-corrected chi connectivity index (χ4v) is 3.26. The minimum atomic E-state index is -0.168. The van der Waals surface area contributed by atoms with E-state index in [0.29, 0.717) is 17.8 Å². The van der Waals surface area contributed by atoms with Crippen LogP contribution in [0.15, 0.2) is 48.5 Å². The summed E-state index contributed by atoms with van der Waals surface area (Å²) in [4.78, 5) is 18.6. The number of benzene rings is 2. The van der Waals surface area contributed by atoms with Crippen molar-refractivity contribution in [2.45, 2.75) is 0 Å². The van der Waals surface area contributed by atoms with Crippen molar-refractivity contribution in [3.05, 3.63) is 59.9 Å². The van der Waals surface area contributed by atoms with Crippen molar-refractivity contribution in [1.82, 2.24) is 10.2 Å². The van der Waals surface area contributed by atoms with Gasteiger partial charge in [-0.3, -0.25) is 9.69 Å². The number of nitrogens with zero attached hydrogens (tertiary/aromatic N) is 3. The lowest BCUT2D eigenvalue weighted by atomic mass is 10.2. The first kappa shape index (κ1) is 19.2. The van der Waals surface area contributed by atoms with Crippen LogP contribution in [0.5, 0.6) is 0 Å². The maximum absolute atomic E-state index is 13.9. The Bertz CT molecular complexity index is 755. The predicted octanol–water partition coefficient (Wildman–Crippen LogP) is 2.44. The Kier molecular flexibility index (Phi) is 6.29. The first-order chi connectivity index (χ1) is 13.0. The average Bonchev–Trinajstić information content (AvgIpc) is 2.69. The summed E-state index contributed by atoms with van der Waals surface area (Å²) >= 11 is 0. The summed E-state index contributed by atoms with van der Waals surface area (Å²) in [6.07, 6.45) is 0. The predicted molar refractivity (Wildman–Crippen MR) is 108 cm³/mol. The van der Waals surface area contributed by atoms with Gasteiger partial charge in [0.1, 0.15) is 5.82 Å². The summed E-state index contributed by atoms with van der Waals surface area (Å²) in [6.45, 7) is 4.71. The molecule has 0 saturated carbocycles. The number of piperazine rings is 1. The molecule has 27 heavy (non-hydrogen) atoms. The van der Waals surface area contributed by atoms with E-state index in [9.17, 15) is 9.18 Å². The molecule has 1 heterocycles. The molecule has 0 aromatic heterocycles. The SMILES string of the molecule is CN(C)c1ccc(C(=O)NCCN2CCN(c3ccccc3F)CC2)cc1. The van der Waals surface area contributed by atoms with Gasteiger partial charge in [0.15, 0.2) is 0 Å². The standard InChI is InChI=1S/C21H27FN4O/c1-24(2)18-9-7-17(8-10-18)21(27)23-11-12-25-13-15-26(16-14-25)20-6-4-3-5-19(20)22/h3-10H,11-16H2,1-2H3,(H,23,27). The van der Waals surface area contributed by atoms with E-state index in [4.69, 9.17) is 0 Å². The van der Waals surface area contributed by atoms with Crippen molar-refractivity contribution in [2.24, 2.45) is 0 Å². The fraction of sp³-hybridized carbons (Fsp3) is 0.381. The third-order valence-electron chi connectivity index (χ3n) is 4.92. The highest BCUT2D eigenvalue weighted by Gasteiger charge is 2.19. The Morgan fingerprint density at radius 1 is 1.04 bits per heavy atom. The summed E-state index contributed by atoms with van der Waals surface area (Å²) in [6, 6.07) is 14.5. The van der Waals surface area contributed by atoms with E-state index in [1.807, 2.05) is 55.4 Å². The zero-order valence-corrected chi connectivity index (χ0v) is 16.0. The maximum atomic E-state index is 13.9. The maximum Gasteiger partial charge on any atom is 0.251 e. The summed E-state index contributed by atoms with van der Waals surface area (Å²) in [5.41, 5.74) is 2.41. The summed E-state index contributed by atoms with van der Waals surface area (Å²) < 4.78 is 13.9. The van der Waals surface area contributed by atoms with Gasteiger partial charge in [0.05, 0.1) is 5.69 Å². The monoisotopic (exact) mass is 370 g/mol. The molecule has 0 unspecified atom stereocenters. The minimum Gasteiger partial charge on any atom is -0.378 e. The molecule has 0 radical (unpaired) electrons. The van der Waals surface area contributed by atoms with Gasteiger partial charge in [0, 0.05) is 64.6 Å². The van der Waals surface area contributed by atoms with Gasteiger partial charge in [-0.2, -0.15) is 0 Å². The molecule has 0 atom stereocenters. The van der Waals surface area contributed by atoms with Gasteiger partial charge >= 0.3 is 0 Å². The Balaban J connectivity index is 1.41. The molecule has 2 aromatic carbocycles. The second-order valence-corrected chi connectivity index (χ2v) is 6.98. The first-order valence-electron chi connectivity index (χ1n) is 9.32. The molecule has 1 aliphatic heterocycles. The molecule has 2 aromatic rings. The molecule has 1 amide bonds. The molecule has 1 N–H and O–H groups in total. The van der Waals surface area contributed by atoms with Crippen LogP contribution in [0.2, 0.25) is 0 Å². The highest BCUT2D eigenvalue weighted by Crippen LogP contribution is 2.20. The number of halogens is 1. The van der Waals surface area contributed by atoms with E-state index < -0.39 is 0 Å². The zero-order chi connectivity index (χ0) is 19.2. The minimum absolute atomic E-state index is 0.0506. The van der Waals surface area contributed by atoms with Gasteiger partial charge in [-0.1, -0.05) is 12.1 Å². The topological polar surface area (TPSA) is 38.8 Å². The molecule has 0 bridgehead atoms. The summed E-state index contributed by atoms with van der Waals surface area (Å²) in [5.74, 6) is -0.219. The van der Waals surface area contributed by atoms with Gasteiger partial charge in [-0.05, 0) is 36.4 Å². The molecule has 1 fully saturated rings. The molecule has 3 rings (SSSR count). The van der Waals surface area contributed by atoms with E-state index >= 15 is 0 Å². The number of carbonyl (C=O) groups excluding carboxylic acids is 1. The Morgan fingerprint density at radius 2 is 1.70 bits per heavy atom. The van der Waals surface area contributed by atoms with Crippen molar-refractivity contribution >= 4 is 17.3 Å². The van der Waals surface area contributed by atoms with E-state index in [2.05, 4.69) is 15.1 Å². The van der Waals surface area contributed by atoms with Crippen molar-refractivity contribution < 1.29 is 9.18 Å². The van der Waals surface area contributed by atoms with Crippen LogP contribution in [-0.2, 0) is 0 Å². The normalized spacial score (nSPS) is 14.9. The van der Waals surface area contributed by atoms with E-state index in [1.165, 1.54) is 6.07 Å². The molecule has 6 heteroatoms. The molecule has 1 saturated heterocycles. The molecule has 1 aliphatic rings. The number of para-hydroxylation sites is 1. The van der Waals surface area contributed by atoms with Crippen molar-refractivity contribution in [1.29, 1.82) is 0 Å². The lowest BCUT2D eigenvalue weighted by molar-refractivity contribution is 0.0948. The number of hydrogen-bond acceptors (Lipinski definition) is 4. The van der Waals surface area contributed by atoms with Gasteiger partial charge in [-0.15, -0.1) is 0 Å². The second kappa shape index (κ2) is 8.86. The molecule has 144 valence electrons. The number of amides is 1. The Labute approximate surface area is 160 Å². The third kappa shape index (κ3) is 4.98. The number of hydrogen-bond donors (Lipinski definition) is 1.